The first-order valence-electron chi connectivity index (χ1n) is 3.83. The van der Waals surface area contributed by atoms with E-state index in [9.17, 15) is 13.2 Å². The lowest BCUT2D eigenvalue weighted by Gasteiger charge is -2.03. The molecule has 0 spiro atoms. The number of sulfonamides is 1. The summed E-state index contributed by atoms with van der Waals surface area (Å²) in [5.41, 5.74) is 5.30. The number of carbonyl (C=O) groups is 1. The van der Waals surface area contributed by atoms with Gasteiger partial charge in [-0.15, -0.1) is 0 Å². The predicted molar refractivity (Wildman–Crippen MR) is 51.8 cm³/mol. The van der Waals surface area contributed by atoms with E-state index in [2.05, 4.69) is 0 Å². The lowest BCUT2D eigenvalue weighted by Crippen LogP contribution is -2.35. The van der Waals surface area contributed by atoms with Crippen LogP contribution in [0.1, 0.15) is 5.56 Å². The second-order valence-corrected chi connectivity index (χ2v) is 4.43. The van der Waals surface area contributed by atoms with Crippen molar-refractivity contribution in [3.8, 4) is 0 Å². The van der Waals surface area contributed by atoms with Crippen molar-refractivity contribution in [2.24, 2.45) is 5.73 Å². The molecule has 0 atom stereocenters. The fraction of sp³-hybridized carbons (Fsp3) is 0.125. The van der Waals surface area contributed by atoms with Crippen LogP contribution in [-0.4, -0.2) is 14.4 Å². The third-order valence-electron chi connectivity index (χ3n) is 1.46. The van der Waals surface area contributed by atoms with Crippen LogP contribution in [0, 0.1) is 0 Å². The number of hydrogen-bond donors (Lipinski definition) is 2. The summed E-state index contributed by atoms with van der Waals surface area (Å²) in [7, 11) is -3.66. The Kier molecular flexibility index (Phi) is 3.08. The van der Waals surface area contributed by atoms with Crippen molar-refractivity contribution in [1.82, 2.24) is 4.72 Å². The first-order valence-corrected chi connectivity index (χ1v) is 5.49. The van der Waals surface area contributed by atoms with Crippen molar-refractivity contribution in [3.63, 3.8) is 0 Å². The second-order valence-electron chi connectivity index (χ2n) is 2.71. The van der Waals surface area contributed by atoms with Crippen molar-refractivity contribution in [2.75, 3.05) is 0 Å². The summed E-state index contributed by atoms with van der Waals surface area (Å²) in [5, 5.41) is 0. The molecular weight excluding hydrogens is 204 g/mol. The summed E-state index contributed by atoms with van der Waals surface area (Å²) in [6.07, 6.45) is 0. The van der Waals surface area contributed by atoms with Gasteiger partial charge in [0.25, 0.3) is 0 Å². The van der Waals surface area contributed by atoms with E-state index < -0.39 is 16.1 Å². The largest absolute Gasteiger partial charge is 0.351 e. The summed E-state index contributed by atoms with van der Waals surface area (Å²) in [4.78, 5) is 10.3. The van der Waals surface area contributed by atoms with Crippen molar-refractivity contribution >= 4 is 16.1 Å². The van der Waals surface area contributed by atoms with Crippen LogP contribution in [0.25, 0.3) is 0 Å². The maximum atomic E-state index is 11.2. The molecule has 0 saturated heterocycles. The van der Waals surface area contributed by atoms with Crippen molar-refractivity contribution < 1.29 is 13.2 Å². The van der Waals surface area contributed by atoms with Gasteiger partial charge in [0, 0.05) is 0 Å². The summed E-state index contributed by atoms with van der Waals surface area (Å²) >= 11 is 0. The highest BCUT2D eigenvalue weighted by Gasteiger charge is 2.12. The number of hydrogen-bond acceptors (Lipinski definition) is 3. The minimum atomic E-state index is -3.66. The highest BCUT2D eigenvalue weighted by atomic mass is 32.2. The van der Waals surface area contributed by atoms with Gasteiger partial charge in [0.05, 0.1) is 5.75 Å². The monoisotopic (exact) mass is 214 g/mol. The van der Waals surface area contributed by atoms with E-state index in [0.29, 0.717) is 5.56 Å². The van der Waals surface area contributed by atoms with Crippen LogP contribution >= 0.6 is 0 Å². The Morgan fingerprint density at radius 3 is 2.36 bits per heavy atom. The third-order valence-corrected chi connectivity index (χ3v) is 2.68. The van der Waals surface area contributed by atoms with Gasteiger partial charge in [-0.05, 0) is 5.56 Å². The molecule has 6 heteroatoms. The summed E-state index contributed by atoms with van der Waals surface area (Å²) in [5.74, 6) is -0.253. The molecule has 0 saturated carbocycles. The molecule has 14 heavy (non-hydrogen) atoms. The molecule has 0 aromatic heterocycles. The SMILES string of the molecule is NC(=O)NS(=O)(=O)Cc1ccccc1. The van der Waals surface area contributed by atoms with Crippen molar-refractivity contribution in [1.29, 1.82) is 0 Å². The number of amides is 2. The molecule has 5 nitrogen and oxygen atoms in total. The molecule has 0 unspecified atom stereocenters. The number of nitrogens with one attached hydrogen (secondary N) is 1. The van der Waals surface area contributed by atoms with E-state index in [0.717, 1.165) is 0 Å². The molecule has 0 heterocycles. The van der Waals surface area contributed by atoms with Crippen molar-refractivity contribution in [2.45, 2.75) is 5.75 Å². The van der Waals surface area contributed by atoms with Gasteiger partial charge in [-0.1, -0.05) is 30.3 Å². The molecule has 1 aromatic rings. The zero-order valence-electron chi connectivity index (χ0n) is 7.30. The number of nitrogens with two attached hydrogens (primary N) is 1. The molecule has 0 aliphatic rings. The summed E-state index contributed by atoms with van der Waals surface area (Å²) in [6, 6.07) is 7.45. The predicted octanol–water partition coefficient (Wildman–Crippen LogP) is 0.185. The van der Waals surface area contributed by atoms with Crippen LogP contribution in [0.3, 0.4) is 0 Å². The fourth-order valence-electron chi connectivity index (χ4n) is 0.983. The Balaban J connectivity index is 2.74. The van der Waals surface area contributed by atoms with Gasteiger partial charge in [0.15, 0.2) is 0 Å². The number of rotatable bonds is 3. The molecule has 0 radical (unpaired) electrons. The molecular formula is C8H10N2O3S. The average Bonchev–Trinajstić information content (AvgIpc) is 2.02. The topological polar surface area (TPSA) is 89.3 Å². The molecule has 0 aliphatic heterocycles. The van der Waals surface area contributed by atoms with Gasteiger partial charge in [0.2, 0.25) is 10.0 Å². The standard InChI is InChI=1S/C8H10N2O3S/c9-8(11)10-14(12,13)6-7-4-2-1-3-5-7/h1-5H,6H2,(H3,9,10,11). The molecule has 2 amide bonds. The van der Waals surface area contributed by atoms with Crippen LogP contribution in [-0.2, 0) is 15.8 Å². The van der Waals surface area contributed by atoms with E-state index in [-0.39, 0.29) is 5.75 Å². The minimum absolute atomic E-state index is 0.253. The molecule has 0 aliphatic carbocycles. The molecule has 0 fully saturated rings. The highest BCUT2D eigenvalue weighted by Crippen LogP contribution is 2.03. The van der Waals surface area contributed by atoms with Crippen LogP contribution in [0.4, 0.5) is 4.79 Å². The zero-order valence-corrected chi connectivity index (χ0v) is 8.12. The van der Waals surface area contributed by atoms with Crippen LogP contribution < -0.4 is 10.5 Å². The quantitative estimate of drug-likeness (QED) is 0.752. The second kappa shape index (κ2) is 4.10. The summed E-state index contributed by atoms with van der Waals surface area (Å²) < 4.78 is 24.1. The zero-order chi connectivity index (χ0) is 10.6. The molecule has 76 valence electrons. The van der Waals surface area contributed by atoms with Crippen LogP contribution in [0.2, 0.25) is 0 Å². The van der Waals surface area contributed by atoms with Crippen LogP contribution in [0.5, 0.6) is 0 Å². The number of carbonyl (C=O) groups excluding carboxylic acids is 1. The van der Waals surface area contributed by atoms with Crippen molar-refractivity contribution in [3.05, 3.63) is 35.9 Å². The number of benzene rings is 1. The maximum Gasteiger partial charge on any atom is 0.325 e. The minimum Gasteiger partial charge on any atom is -0.351 e. The van der Waals surface area contributed by atoms with Gasteiger partial charge in [-0.25, -0.2) is 17.9 Å². The maximum absolute atomic E-state index is 11.2. The van der Waals surface area contributed by atoms with E-state index in [1.165, 1.54) is 0 Å². The fourth-order valence-corrected chi connectivity index (χ4v) is 1.99. The number of urea groups is 1. The Hall–Kier alpha value is -1.56. The van der Waals surface area contributed by atoms with Crippen LogP contribution in [0.15, 0.2) is 30.3 Å². The lowest BCUT2D eigenvalue weighted by atomic mass is 10.2. The third kappa shape index (κ3) is 3.44. The Labute approximate surface area is 82.0 Å². The molecule has 3 N–H and O–H groups in total. The van der Waals surface area contributed by atoms with E-state index in [4.69, 9.17) is 5.73 Å². The average molecular weight is 214 g/mol. The molecule has 1 rings (SSSR count). The van der Waals surface area contributed by atoms with E-state index in [1.807, 2.05) is 0 Å². The highest BCUT2D eigenvalue weighted by molar-refractivity contribution is 7.89. The van der Waals surface area contributed by atoms with Gasteiger partial charge in [-0.2, -0.15) is 0 Å². The normalized spacial score (nSPS) is 10.9. The van der Waals surface area contributed by atoms with E-state index in [1.54, 1.807) is 35.1 Å². The van der Waals surface area contributed by atoms with Gasteiger partial charge < -0.3 is 5.73 Å². The molecule has 0 bridgehead atoms. The lowest BCUT2D eigenvalue weighted by molar-refractivity contribution is 0.253. The Bertz CT molecular complexity index is 413. The smallest absolute Gasteiger partial charge is 0.325 e. The van der Waals surface area contributed by atoms with E-state index >= 15 is 0 Å². The van der Waals surface area contributed by atoms with Gasteiger partial charge in [-0.3, -0.25) is 0 Å². The van der Waals surface area contributed by atoms with Gasteiger partial charge >= 0.3 is 6.03 Å². The first-order chi connectivity index (χ1) is 6.49. The number of primary amides is 1. The van der Waals surface area contributed by atoms with Gasteiger partial charge in [0.1, 0.15) is 0 Å². The molecule has 1 aromatic carbocycles. The Morgan fingerprint density at radius 2 is 1.86 bits per heavy atom. The summed E-state index contributed by atoms with van der Waals surface area (Å²) in [6.45, 7) is 0. The first kappa shape index (κ1) is 10.5. The Morgan fingerprint density at radius 1 is 1.29 bits per heavy atom.